The third-order valence-electron chi connectivity index (χ3n) is 1.87. The Hall–Kier alpha value is -0.720. The molecule has 2 rings (SSSR count). The first-order chi connectivity index (χ1) is 6.20. The third kappa shape index (κ3) is 1.41. The Morgan fingerprint density at radius 2 is 2.08 bits per heavy atom. The molecule has 0 radical (unpaired) electrons. The highest BCUT2D eigenvalue weighted by Crippen LogP contribution is 2.17. The van der Waals surface area contributed by atoms with Crippen molar-refractivity contribution in [2.45, 2.75) is 19.9 Å². The van der Waals surface area contributed by atoms with Crippen LogP contribution < -0.4 is 0 Å². The number of imidazole rings is 1. The van der Waals surface area contributed by atoms with E-state index in [0.29, 0.717) is 6.04 Å². The molecule has 0 N–H and O–H groups in total. The molecule has 0 saturated heterocycles. The van der Waals surface area contributed by atoms with Crippen LogP contribution in [0.15, 0.2) is 12.7 Å². The van der Waals surface area contributed by atoms with Gasteiger partial charge in [0.05, 0.1) is 6.33 Å². The van der Waals surface area contributed by atoms with Crippen molar-refractivity contribution in [2.24, 2.45) is 0 Å². The Labute approximate surface area is 89.5 Å². The first kappa shape index (κ1) is 8.86. The molecule has 0 fully saturated rings. The maximum atomic E-state index is 4.27. The van der Waals surface area contributed by atoms with E-state index < -0.39 is 0 Å². The van der Waals surface area contributed by atoms with Gasteiger partial charge in [-0.2, -0.15) is 0 Å². The summed E-state index contributed by atoms with van der Waals surface area (Å²) in [6, 6.07) is 0.385. The molecule has 0 aromatic carbocycles. The van der Waals surface area contributed by atoms with Crippen molar-refractivity contribution in [1.82, 2.24) is 19.5 Å². The largest absolute Gasteiger partial charge is 0.313 e. The molecule has 0 unspecified atom stereocenters. The molecule has 5 heteroatoms. The molecule has 0 aliphatic carbocycles. The second-order valence-corrected chi connectivity index (χ2v) is 4.10. The normalized spacial score (nSPS) is 11.4. The average molecular weight is 288 g/mol. The van der Waals surface area contributed by atoms with E-state index in [0.717, 1.165) is 14.9 Å². The minimum absolute atomic E-state index is 0.385. The standard InChI is InChI=1S/C8H9IN4/c1-5(2)13-4-12-6-7(9)10-3-11-8(6)13/h3-5H,1-2H3. The fraction of sp³-hybridized carbons (Fsp3) is 0.375. The molecule has 0 atom stereocenters. The summed E-state index contributed by atoms with van der Waals surface area (Å²) < 4.78 is 2.95. The topological polar surface area (TPSA) is 43.6 Å². The van der Waals surface area contributed by atoms with Crippen LogP contribution in [-0.4, -0.2) is 19.5 Å². The third-order valence-corrected chi connectivity index (χ3v) is 2.66. The van der Waals surface area contributed by atoms with Crippen molar-refractivity contribution < 1.29 is 0 Å². The fourth-order valence-electron chi connectivity index (χ4n) is 1.20. The Morgan fingerprint density at radius 3 is 2.77 bits per heavy atom. The summed E-state index contributed by atoms with van der Waals surface area (Å²) in [7, 11) is 0. The predicted octanol–water partition coefficient (Wildman–Crippen LogP) is 2.01. The Balaban J connectivity index is 2.75. The highest BCUT2D eigenvalue weighted by atomic mass is 127. The van der Waals surface area contributed by atoms with E-state index in [-0.39, 0.29) is 0 Å². The molecule has 2 aromatic heterocycles. The van der Waals surface area contributed by atoms with Crippen molar-refractivity contribution >= 4 is 33.8 Å². The maximum Gasteiger partial charge on any atom is 0.164 e. The lowest BCUT2D eigenvalue weighted by molar-refractivity contribution is 0.612. The molecule has 0 bridgehead atoms. The Morgan fingerprint density at radius 1 is 1.31 bits per heavy atom. The zero-order valence-electron chi connectivity index (χ0n) is 7.40. The minimum atomic E-state index is 0.385. The number of hydrogen-bond donors (Lipinski definition) is 0. The smallest absolute Gasteiger partial charge is 0.164 e. The highest BCUT2D eigenvalue weighted by Gasteiger charge is 2.09. The maximum absolute atomic E-state index is 4.27. The van der Waals surface area contributed by atoms with Gasteiger partial charge in [-0.3, -0.25) is 0 Å². The first-order valence-electron chi connectivity index (χ1n) is 4.03. The lowest BCUT2D eigenvalue weighted by Gasteiger charge is -2.05. The molecule has 4 nitrogen and oxygen atoms in total. The average Bonchev–Trinajstić information content (AvgIpc) is 2.48. The summed E-state index contributed by atoms with van der Waals surface area (Å²) >= 11 is 2.17. The van der Waals surface area contributed by atoms with Crippen molar-refractivity contribution in [3.8, 4) is 0 Å². The van der Waals surface area contributed by atoms with Gasteiger partial charge in [-0.15, -0.1) is 0 Å². The number of halogens is 1. The summed E-state index contributed by atoms with van der Waals surface area (Å²) in [6.45, 7) is 4.21. The van der Waals surface area contributed by atoms with Gasteiger partial charge in [0, 0.05) is 6.04 Å². The molecule has 0 aliphatic rings. The number of rotatable bonds is 1. The van der Waals surface area contributed by atoms with Gasteiger partial charge >= 0.3 is 0 Å². The molecule has 2 aromatic rings. The fourth-order valence-corrected chi connectivity index (χ4v) is 1.71. The monoisotopic (exact) mass is 288 g/mol. The number of aromatic nitrogens is 4. The van der Waals surface area contributed by atoms with Gasteiger partial charge in [-0.1, -0.05) is 0 Å². The molecule has 68 valence electrons. The van der Waals surface area contributed by atoms with E-state index in [4.69, 9.17) is 0 Å². The lowest BCUT2D eigenvalue weighted by atomic mass is 10.4. The van der Waals surface area contributed by atoms with E-state index in [1.165, 1.54) is 0 Å². The van der Waals surface area contributed by atoms with Crippen LogP contribution in [-0.2, 0) is 0 Å². The predicted molar refractivity (Wildman–Crippen MR) is 58.4 cm³/mol. The van der Waals surface area contributed by atoms with Gasteiger partial charge < -0.3 is 4.57 Å². The van der Waals surface area contributed by atoms with Crippen LogP contribution in [0, 0.1) is 3.70 Å². The van der Waals surface area contributed by atoms with Gasteiger partial charge in [0.25, 0.3) is 0 Å². The van der Waals surface area contributed by atoms with Gasteiger partial charge in [0.2, 0.25) is 0 Å². The first-order valence-corrected chi connectivity index (χ1v) is 5.11. The summed E-state index contributed by atoms with van der Waals surface area (Å²) in [6.07, 6.45) is 3.39. The van der Waals surface area contributed by atoms with Crippen LogP contribution in [0.25, 0.3) is 11.2 Å². The van der Waals surface area contributed by atoms with Crippen molar-refractivity contribution in [1.29, 1.82) is 0 Å². The molecular weight excluding hydrogens is 279 g/mol. The summed E-state index contributed by atoms with van der Waals surface area (Å²) in [4.78, 5) is 12.6. The number of hydrogen-bond acceptors (Lipinski definition) is 3. The van der Waals surface area contributed by atoms with Crippen LogP contribution in [0.4, 0.5) is 0 Å². The molecule has 2 heterocycles. The molecular formula is C8H9IN4. The molecule has 0 saturated carbocycles. The van der Waals surface area contributed by atoms with E-state index in [1.54, 1.807) is 6.33 Å². The molecule has 0 aliphatic heterocycles. The minimum Gasteiger partial charge on any atom is -0.313 e. The summed E-state index contributed by atoms with van der Waals surface area (Å²) in [5, 5.41) is 0. The van der Waals surface area contributed by atoms with Crippen LogP contribution in [0.1, 0.15) is 19.9 Å². The zero-order chi connectivity index (χ0) is 9.42. The second kappa shape index (κ2) is 3.21. The van der Waals surface area contributed by atoms with Gasteiger partial charge in [0.15, 0.2) is 5.65 Å². The Kier molecular flexibility index (Phi) is 2.19. The summed E-state index contributed by atoms with van der Waals surface area (Å²) in [5.74, 6) is 0. The van der Waals surface area contributed by atoms with E-state index in [2.05, 4.69) is 51.4 Å². The van der Waals surface area contributed by atoms with Crippen molar-refractivity contribution in [2.75, 3.05) is 0 Å². The van der Waals surface area contributed by atoms with Gasteiger partial charge in [-0.05, 0) is 36.4 Å². The van der Waals surface area contributed by atoms with E-state index in [1.807, 2.05) is 10.9 Å². The molecule has 0 amide bonds. The van der Waals surface area contributed by atoms with Gasteiger partial charge in [0.1, 0.15) is 15.5 Å². The summed E-state index contributed by atoms with van der Waals surface area (Å²) in [5.41, 5.74) is 1.80. The number of nitrogens with zero attached hydrogens (tertiary/aromatic N) is 4. The quantitative estimate of drug-likeness (QED) is 0.595. The molecule has 13 heavy (non-hydrogen) atoms. The Bertz CT molecular complexity index is 435. The van der Waals surface area contributed by atoms with Crippen LogP contribution in [0.3, 0.4) is 0 Å². The van der Waals surface area contributed by atoms with Crippen LogP contribution in [0.5, 0.6) is 0 Å². The lowest BCUT2D eigenvalue weighted by Crippen LogP contribution is -2.00. The molecule has 0 spiro atoms. The SMILES string of the molecule is CC(C)n1cnc2c(I)ncnc21. The highest BCUT2D eigenvalue weighted by molar-refractivity contribution is 14.1. The van der Waals surface area contributed by atoms with Crippen LogP contribution in [0.2, 0.25) is 0 Å². The zero-order valence-corrected chi connectivity index (χ0v) is 9.56. The van der Waals surface area contributed by atoms with Gasteiger partial charge in [-0.25, -0.2) is 15.0 Å². The van der Waals surface area contributed by atoms with E-state index in [9.17, 15) is 0 Å². The van der Waals surface area contributed by atoms with E-state index >= 15 is 0 Å². The van der Waals surface area contributed by atoms with Crippen LogP contribution >= 0.6 is 22.6 Å². The number of fused-ring (bicyclic) bond motifs is 1. The second-order valence-electron chi connectivity index (χ2n) is 3.08. The van der Waals surface area contributed by atoms with Crippen molar-refractivity contribution in [3.63, 3.8) is 0 Å². The van der Waals surface area contributed by atoms with Crippen molar-refractivity contribution in [3.05, 3.63) is 16.4 Å².